The number of tetrazole rings is 1. The molecule has 20 heavy (non-hydrogen) atoms. The lowest BCUT2D eigenvalue weighted by atomic mass is 10.3. The number of carbonyl (C=O) groups is 1. The summed E-state index contributed by atoms with van der Waals surface area (Å²) in [5, 5.41) is 18.8. The number of carbonyl (C=O) groups excluding carboxylic acids is 1. The Hall–Kier alpha value is -1.90. The van der Waals surface area contributed by atoms with Crippen LogP contribution in [0.5, 0.6) is 0 Å². The van der Waals surface area contributed by atoms with Gasteiger partial charge in [0.15, 0.2) is 0 Å². The van der Waals surface area contributed by atoms with Crippen LogP contribution in [0.1, 0.15) is 12.8 Å². The van der Waals surface area contributed by atoms with Crippen LogP contribution in [0.3, 0.4) is 0 Å². The van der Waals surface area contributed by atoms with E-state index < -0.39 is 0 Å². The lowest BCUT2D eigenvalue weighted by Gasteiger charge is -2.05. The Bertz CT molecular complexity index is 525. The molecule has 0 saturated carbocycles. The molecular formula is C11H17N7OS. The summed E-state index contributed by atoms with van der Waals surface area (Å²) in [7, 11) is 1.79. The fourth-order valence-electron chi connectivity index (χ4n) is 1.60. The van der Waals surface area contributed by atoms with Crippen LogP contribution in [0.2, 0.25) is 0 Å². The summed E-state index contributed by atoms with van der Waals surface area (Å²) in [5.74, 6) is 0.813. The van der Waals surface area contributed by atoms with Crippen LogP contribution in [0.25, 0.3) is 0 Å². The van der Waals surface area contributed by atoms with E-state index in [0.717, 1.165) is 23.9 Å². The number of aryl methyl sites for hydroxylation is 2. The van der Waals surface area contributed by atoms with Gasteiger partial charge in [-0.25, -0.2) is 4.68 Å². The minimum absolute atomic E-state index is 0.0637. The van der Waals surface area contributed by atoms with Crippen molar-refractivity contribution in [3.05, 3.63) is 18.5 Å². The van der Waals surface area contributed by atoms with E-state index >= 15 is 0 Å². The molecular weight excluding hydrogens is 278 g/mol. The molecule has 2 rings (SSSR count). The Morgan fingerprint density at radius 3 is 3.10 bits per heavy atom. The van der Waals surface area contributed by atoms with E-state index in [1.54, 1.807) is 17.9 Å². The fourth-order valence-corrected chi connectivity index (χ4v) is 2.30. The van der Waals surface area contributed by atoms with Gasteiger partial charge in [0.05, 0.1) is 0 Å². The smallest absolute Gasteiger partial charge is 0.220 e. The van der Waals surface area contributed by atoms with E-state index in [0.29, 0.717) is 13.0 Å². The number of rotatable bonds is 8. The third-order valence-corrected chi connectivity index (χ3v) is 3.60. The van der Waals surface area contributed by atoms with Gasteiger partial charge in [0.2, 0.25) is 11.1 Å². The molecule has 0 spiro atoms. The molecule has 0 atom stereocenters. The maximum absolute atomic E-state index is 11.6. The minimum Gasteiger partial charge on any atom is -0.355 e. The predicted octanol–water partition coefficient (Wildman–Crippen LogP) is 0.0953. The largest absolute Gasteiger partial charge is 0.355 e. The van der Waals surface area contributed by atoms with Crippen molar-refractivity contribution in [2.45, 2.75) is 24.5 Å². The number of hydrogen-bond donors (Lipinski definition) is 1. The molecule has 9 heteroatoms. The molecule has 0 saturated heterocycles. The number of amides is 1. The molecule has 0 aromatic carbocycles. The summed E-state index contributed by atoms with van der Waals surface area (Å²) in [4.78, 5) is 11.6. The van der Waals surface area contributed by atoms with Gasteiger partial charge in [0, 0.05) is 44.7 Å². The third kappa shape index (κ3) is 4.65. The topological polar surface area (TPSA) is 90.5 Å². The van der Waals surface area contributed by atoms with Crippen LogP contribution in [0.15, 0.2) is 23.6 Å². The molecule has 0 bridgehead atoms. The van der Waals surface area contributed by atoms with Gasteiger partial charge in [0.1, 0.15) is 0 Å². The first-order valence-electron chi connectivity index (χ1n) is 6.35. The molecule has 2 heterocycles. The van der Waals surface area contributed by atoms with Gasteiger partial charge in [-0.15, -0.1) is 5.10 Å². The Kier molecular flexibility index (Phi) is 5.54. The summed E-state index contributed by atoms with van der Waals surface area (Å²) in [6.07, 6.45) is 4.92. The highest BCUT2D eigenvalue weighted by atomic mass is 32.2. The molecule has 0 aliphatic carbocycles. The summed E-state index contributed by atoms with van der Waals surface area (Å²) in [5.41, 5.74) is 0. The average molecular weight is 295 g/mol. The molecule has 8 nitrogen and oxygen atoms in total. The molecule has 2 aromatic rings. The quantitative estimate of drug-likeness (QED) is 0.548. The second-order valence-electron chi connectivity index (χ2n) is 4.16. The zero-order valence-corrected chi connectivity index (χ0v) is 12.1. The van der Waals surface area contributed by atoms with Crippen molar-refractivity contribution >= 4 is 17.7 Å². The number of thioether (sulfide) groups is 1. The van der Waals surface area contributed by atoms with Crippen molar-refractivity contribution < 1.29 is 4.79 Å². The van der Waals surface area contributed by atoms with Crippen molar-refractivity contribution in [3.63, 3.8) is 0 Å². The van der Waals surface area contributed by atoms with Crippen LogP contribution in [-0.4, -0.2) is 48.2 Å². The molecule has 0 fully saturated rings. The first kappa shape index (κ1) is 14.5. The van der Waals surface area contributed by atoms with Crippen LogP contribution >= 0.6 is 11.8 Å². The van der Waals surface area contributed by atoms with Gasteiger partial charge in [-0.2, -0.15) is 5.10 Å². The number of aromatic nitrogens is 6. The Balaban J connectivity index is 1.53. The van der Waals surface area contributed by atoms with Gasteiger partial charge in [-0.05, 0) is 22.9 Å². The van der Waals surface area contributed by atoms with Gasteiger partial charge in [-0.1, -0.05) is 11.8 Å². The highest BCUT2D eigenvalue weighted by Gasteiger charge is 2.04. The predicted molar refractivity (Wildman–Crippen MR) is 74.0 cm³/mol. The van der Waals surface area contributed by atoms with Gasteiger partial charge in [-0.3, -0.25) is 9.48 Å². The lowest BCUT2D eigenvalue weighted by molar-refractivity contribution is -0.121. The number of hydrogen-bond acceptors (Lipinski definition) is 6. The van der Waals surface area contributed by atoms with E-state index in [9.17, 15) is 4.79 Å². The van der Waals surface area contributed by atoms with Crippen molar-refractivity contribution in [2.75, 3.05) is 12.3 Å². The SMILES string of the molecule is Cn1nnnc1SCCNC(=O)CCCn1cccn1. The fraction of sp³-hybridized carbons (Fsp3) is 0.545. The van der Waals surface area contributed by atoms with E-state index in [2.05, 4.69) is 25.9 Å². The van der Waals surface area contributed by atoms with Crippen molar-refractivity contribution in [3.8, 4) is 0 Å². The van der Waals surface area contributed by atoms with Gasteiger partial charge < -0.3 is 5.32 Å². The standard InChI is InChI=1S/C11H17N7OS/c1-17-11(14-15-16-17)20-9-6-12-10(19)4-2-7-18-8-3-5-13-18/h3,5,8H,2,4,6-7,9H2,1H3,(H,12,19). The van der Waals surface area contributed by atoms with Crippen molar-refractivity contribution in [2.24, 2.45) is 7.05 Å². The molecule has 0 unspecified atom stereocenters. The first-order valence-corrected chi connectivity index (χ1v) is 7.33. The summed E-state index contributed by atoms with van der Waals surface area (Å²) in [6.45, 7) is 1.37. The Morgan fingerprint density at radius 1 is 1.50 bits per heavy atom. The minimum atomic E-state index is 0.0637. The average Bonchev–Trinajstić information content (AvgIpc) is 3.07. The van der Waals surface area contributed by atoms with E-state index in [1.807, 2.05) is 16.9 Å². The maximum Gasteiger partial charge on any atom is 0.220 e. The normalized spacial score (nSPS) is 10.7. The highest BCUT2D eigenvalue weighted by Crippen LogP contribution is 2.10. The summed E-state index contributed by atoms with van der Waals surface area (Å²) in [6, 6.07) is 1.87. The van der Waals surface area contributed by atoms with Gasteiger partial charge in [0.25, 0.3) is 0 Å². The third-order valence-electron chi connectivity index (χ3n) is 2.59. The molecule has 0 aliphatic heterocycles. The molecule has 0 radical (unpaired) electrons. The van der Waals surface area contributed by atoms with Crippen LogP contribution in [0, 0.1) is 0 Å². The van der Waals surface area contributed by atoms with Crippen molar-refractivity contribution in [1.29, 1.82) is 0 Å². The Labute approximate surface area is 120 Å². The van der Waals surface area contributed by atoms with Gasteiger partial charge >= 0.3 is 0 Å². The highest BCUT2D eigenvalue weighted by molar-refractivity contribution is 7.99. The van der Waals surface area contributed by atoms with E-state index in [4.69, 9.17) is 0 Å². The number of nitrogens with one attached hydrogen (secondary N) is 1. The zero-order chi connectivity index (χ0) is 14.2. The maximum atomic E-state index is 11.6. The van der Waals surface area contributed by atoms with Crippen LogP contribution in [0.4, 0.5) is 0 Å². The molecule has 0 aliphatic rings. The summed E-state index contributed by atoms with van der Waals surface area (Å²) < 4.78 is 3.43. The summed E-state index contributed by atoms with van der Waals surface area (Å²) >= 11 is 1.52. The van der Waals surface area contributed by atoms with Crippen molar-refractivity contribution in [1.82, 2.24) is 35.3 Å². The second kappa shape index (κ2) is 7.63. The number of nitrogens with zero attached hydrogens (tertiary/aromatic N) is 6. The lowest BCUT2D eigenvalue weighted by Crippen LogP contribution is -2.25. The zero-order valence-electron chi connectivity index (χ0n) is 11.3. The first-order chi connectivity index (χ1) is 9.75. The van der Waals surface area contributed by atoms with Crippen LogP contribution in [-0.2, 0) is 18.4 Å². The molecule has 1 N–H and O–H groups in total. The van der Waals surface area contributed by atoms with Crippen LogP contribution < -0.4 is 5.32 Å². The second-order valence-corrected chi connectivity index (χ2v) is 5.22. The molecule has 2 aromatic heterocycles. The Morgan fingerprint density at radius 2 is 2.40 bits per heavy atom. The molecule has 1 amide bonds. The monoisotopic (exact) mass is 295 g/mol. The van der Waals surface area contributed by atoms with E-state index in [-0.39, 0.29) is 5.91 Å². The molecule has 108 valence electrons. The van der Waals surface area contributed by atoms with E-state index in [1.165, 1.54) is 11.8 Å².